The maximum absolute atomic E-state index is 12.9. The van der Waals surface area contributed by atoms with Gasteiger partial charge in [-0.2, -0.15) is 0 Å². The molecule has 1 aliphatic heterocycles. The van der Waals surface area contributed by atoms with E-state index in [0.29, 0.717) is 45.8 Å². The lowest BCUT2D eigenvalue weighted by Gasteiger charge is -2.32. The smallest absolute Gasteiger partial charge is 0.242 e. The SMILES string of the molecule is CNc1ncc(-c2nc3cc(N4CCO[C@@H](C)C4)ccc3o2)c2cc(NC(=O)[C@@H]3CC3C(F)F)ncc12. The number of hydrogen-bond donors (Lipinski definition) is 2. The van der Waals surface area contributed by atoms with E-state index in [1.807, 2.05) is 18.2 Å². The molecule has 2 N–H and O–H groups in total. The van der Waals surface area contributed by atoms with E-state index in [4.69, 9.17) is 14.1 Å². The molecule has 0 bridgehead atoms. The summed E-state index contributed by atoms with van der Waals surface area (Å²) in [6.07, 6.45) is 1.09. The number of benzene rings is 1. The van der Waals surface area contributed by atoms with Gasteiger partial charge in [-0.1, -0.05) is 0 Å². The number of hydrogen-bond acceptors (Lipinski definition) is 8. The Labute approximate surface area is 211 Å². The highest BCUT2D eigenvalue weighted by molar-refractivity contribution is 6.03. The van der Waals surface area contributed by atoms with Gasteiger partial charge >= 0.3 is 0 Å². The maximum Gasteiger partial charge on any atom is 0.242 e. The number of fused-ring (bicyclic) bond motifs is 2. The summed E-state index contributed by atoms with van der Waals surface area (Å²) in [6, 6.07) is 7.61. The normalized spacial score (nSPS) is 21.5. The van der Waals surface area contributed by atoms with E-state index in [9.17, 15) is 13.6 Å². The van der Waals surface area contributed by atoms with E-state index >= 15 is 0 Å². The molecule has 0 radical (unpaired) electrons. The van der Waals surface area contributed by atoms with Crippen molar-refractivity contribution in [1.82, 2.24) is 15.0 Å². The molecule has 4 aromatic rings. The van der Waals surface area contributed by atoms with E-state index in [2.05, 4.69) is 32.4 Å². The largest absolute Gasteiger partial charge is 0.436 e. The van der Waals surface area contributed by atoms with Crippen LogP contribution in [0.3, 0.4) is 0 Å². The Morgan fingerprint density at radius 2 is 2.05 bits per heavy atom. The molecular formula is C26H26F2N6O3. The number of oxazole rings is 1. The minimum atomic E-state index is -2.50. The Kier molecular flexibility index (Phi) is 5.86. The number of anilines is 3. The molecule has 6 rings (SSSR count). The van der Waals surface area contributed by atoms with Crippen LogP contribution in [0.4, 0.5) is 26.1 Å². The highest BCUT2D eigenvalue weighted by Gasteiger charge is 2.49. The highest BCUT2D eigenvalue weighted by Crippen LogP contribution is 2.44. The van der Waals surface area contributed by atoms with Crippen LogP contribution in [0.5, 0.6) is 0 Å². The second kappa shape index (κ2) is 9.22. The van der Waals surface area contributed by atoms with Gasteiger partial charge in [-0.15, -0.1) is 0 Å². The number of carbonyl (C=O) groups excluding carboxylic acids is 1. The van der Waals surface area contributed by atoms with Gasteiger partial charge in [0.2, 0.25) is 18.2 Å². The second-order valence-electron chi connectivity index (χ2n) is 9.51. The summed E-state index contributed by atoms with van der Waals surface area (Å²) in [5, 5.41) is 7.14. The summed E-state index contributed by atoms with van der Waals surface area (Å²) in [7, 11) is 1.75. The first kappa shape index (κ1) is 23.5. The van der Waals surface area contributed by atoms with Crippen molar-refractivity contribution in [3.8, 4) is 11.5 Å². The van der Waals surface area contributed by atoms with Gasteiger partial charge in [0.25, 0.3) is 0 Å². The summed E-state index contributed by atoms with van der Waals surface area (Å²) in [5.74, 6) is -0.778. The number of ether oxygens (including phenoxy) is 1. The number of nitrogens with one attached hydrogen (secondary N) is 2. The number of pyridine rings is 2. The fourth-order valence-corrected chi connectivity index (χ4v) is 4.87. The summed E-state index contributed by atoms with van der Waals surface area (Å²) < 4.78 is 37.6. The second-order valence-corrected chi connectivity index (χ2v) is 9.51. The quantitative estimate of drug-likeness (QED) is 0.391. The number of aromatic nitrogens is 3. The number of alkyl halides is 2. The number of nitrogens with zero attached hydrogens (tertiary/aromatic N) is 4. The van der Waals surface area contributed by atoms with Gasteiger partial charge in [0.15, 0.2) is 5.58 Å². The van der Waals surface area contributed by atoms with Crippen molar-refractivity contribution in [2.24, 2.45) is 11.8 Å². The molecule has 2 fully saturated rings. The Balaban J connectivity index is 1.35. The molecule has 3 aromatic heterocycles. The minimum Gasteiger partial charge on any atom is -0.436 e. The van der Waals surface area contributed by atoms with Gasteiger partial charge in [0.1, 0.15) is 17.2 Å². The molecule has 1 saturated carbocycles. The fraction of sp³-hybridized carbons (Fsp3) is 0.385. The Morgan fingerprint density at radius 1 is 1.19 bits per heavy atom. The van der Waals surface area contributed by atoms with Crippen molar-refractivity contribution in [2.75, 3.05) is 42.3 Å². The predicted octanol–water partition coefficient (Wildman–Crippen LogP) is 4.54. The topological polar surface area (TPSA) is 105 Å². The molecule has 37 heavy (non-hydrogen) atoms. The first-order valence-corrected chi connectivity index (χ1v) is 12.2. The van der Waals surface area contributed by atoms with Crippen LogP contribution < -0.4 is 15.5 Å². The van der Waals surface area contributed by atoms with Crippen LogP contribution in [-0.4, -0.2) is 60.1 Å². The lowest BCUT2D eigenvalue weighted by molar-refractivity contribution is -0.118. The lowest BCUT2D eigenvalue weighted by Crippen LogP contribution is -2.41. The van der Waals surface area contributed by atoms with Gasteiger partial charge < -0.3 is 24.7 Å². The van der Waals surface area contributed by atoms with Crippen LogP contribution in [0.15, 0.2) is 41.1 Å². The highest BCUT2D eigenvalue weighted by atomic mass is 19.3. The van der Waals surface area contributed by atoms with Gasteiger partial charge in [-0.25, -0.2) is 23.7 Å². The summed E-state index contributed by atoms with van der Waals surface area (Å²) in [5.41, 5.74) is 3.03. The zero-order valence-corrected chi connectivity index (χ0v) is 20.4. The van der Waals surface area contributed by atoms with Crippen molar-refractivity contribution < 1.29 is 22.7 Å². The van der Waals surface area contributed by atoms with Crippen LogP contribution in [0.2, 0.25) is 0 Å². The molecule has 4 heterocycles. The molecule has 9 nitrogen and oxygen atoms in total. The standard InChI is InChI=1S/C26H26F2N6O3/c1-13-12-34(5-6-36-13)14-3-4-21-20(7-14)32-26(37-21)19-11-31-24(29-2)18-10-30-22(9-15(18)19)33-25(35)17-8-16(17)23(27)28/h3-4,7,9-11,13,16-17,23H,5-6,8,12H2,1-2H3,(H,29,31)(H,30,33,35)/t13-,16?,17+/m0/s1. The van der Waals surface area contributed by atoms with Crippen LogP contribution >= 0.6 is 0 Å². The molecule has 3 atom stereocenters. The lowest BCUT2D eigenvalue weighted by atomic mass is 10.1. The Hall–Kier alpha value is -3.86. The Bertz CT molecular complexity index is 1490. The van der Waals surface area contributed by atoms with E-state index in [0.717, 1.165) is 18.8 Å². The molecule has 1 aromatic carbocycles. The molecular weight excluding hydrogens is 482 g/mol. The molecule has 1 aliphatic carbocycles. The van der Waals surface area contributed by atoms with Gasteiger partial charge in [-0.3, -0.25) is 4.79 Å². The van der Waals surface area contributed by atoms with Crippen molar-refractivity contribution in [1.29, 1.82) is 0 Å². The first-order chi connectivity index (χ1) is 17.9. The molecule has 2 aliphatic rings. The van der Waals surface area contributed by atoms with Crippen molar-refractivity contribution >= 4 is 45.1 Å². The number of halogens is 2. The van der Waals surface area contributed by atoms with Crippen LogP contribution in [-0.2, 0) is 9.53 Å². The van der Waals surface area contributed by atoms with Crippen molar-refractivity contribution in [2.45, 2.75) is 25.9 Å². The van der Waals surface area contributed by atoms with Gasteiger partial charge in [-0.05, 0) is 37.6 Å². The van der Waals surface area contributed by atoms with E-state index in [1.54, 1.807) is 25.5 Å². The molecule has 11 heteroatoms. The third-order valence-corrected chi connectivity index (χ3v) is 6.97. The monoisotopic (exact) mass is 508 g/mol. The summed E-state index contributed by atoms with van der Waals surface area (Å²) in [4.78, 5) is 28.3. The minimum absolute atomic E-state index is 0.157. The van der Waals surface area contributed by atoms with Gasteiger partial charge in [0, 0.05) is 60.8 Å². The summed E-state index contributed by atoms with van der Waals surface area (Å²) in [6.45, 7) is 4.34. The van der Waals surface area contributed by atoms with Crippen molar-refractivity contribution in [3.63, 3.8) is 0 Å². The molecule has 1 unspecified atom stereocenters. The number of carbonyl (C=O) groups is 1. The molecule has 1 saturated heterocycles. The fourth-order valence-electron chi connectivity index (χ4n) is 4.87. The first-order valence-electron chi connectivity index (χ1n) is 12.2. The number of amides is 1. The van der Waals surface area contributed by atoms with Crippen LogP contribution in [0.25, 0.3) is 33.3 Å². The van der Waals surface area contributed by atoms with Gasteiger partial charge in [0.05, 0.1) is 18.3 Å². The zero-order valence-electron chi connectivity index (χ0n) is 20.4. The maximum atomic E-state index is 12.9. The number of morpholine rings is 1. The third kappa shape index (κ3) is 4.43. The molecule has 1 amide bonds. The molecule has 0 spiro atoms. The van der Waals surface area contributed by atoms with E-state index in [-0.39, 0.29) is 18.3 Å². The molecule has 192 valence electrons. The average Bonchev–Trinajstić information content (AvgIpc) is 3.60. The third-order valence-electron chi connectivity index (χ3n) is 6.97. The summed E-state index contributed by atoms with van der Waals surface area (Å²) >= 11 is 0. The van der Waals surface area contributed by atoms with Crippen molar-refractivity contribution in [3.05, 3.63) is 36.7 Å². The average molecular weight is 509 g/mol. The van der Waals surface area contributed by atoms with Crippen LogP contribution in [0, 0.1) is 11.8 Å². The predicted molar refractivity (Wildman–Crippen MR) is 136 cm³/mol. The zero-order chi connectivity index (χ0) is 25.7. The van der Waals surface area contributed by atoms with E-state index in [1.165, 1.54) is 0 Å². The van der Waals surface area contributed by atoms with E-state index < -0.39 is 24.2 Å². The number of rotatable bonds is 6. The Morgan fingerprint density at radius 3 is 2.81 bits per heavy atom. The van der Waals surface area contributed by atoms with Crippen LogP contribution in [0.1, 0.15) is 13.3 Å².